The molecule has 3 heterocycles. The Labute approximate surface area is 162 Å². The second kappa shape index (κ2) is 7.19. The van der Waals surface area contributed by atoms with Crippen LogP contribution in [-0.4, -0.2) is 22.4 Å². The Bertz CT molecular complexity index is 960. The SMILES string of the molecule is CC1=NC2=C(C(=O)CCC2)[C@@H](c2cccs2)C1C(=O)Nc1cc(C)ccn1. The largest absolute Gasteiger partial charge is 0.310 e. The fourth-order valence-electron chi connectivity index (χ4n) is 3.93. The maximum Gasteiger partial charge on any atom is 0.235 e. The molecule has 0 saturated heterocycles. The topological polar surface area (TPSA) is 71.4 Å². The van der Waals surface area contributed by atoms with Crippen LogP contribution in [0.1, 0.15) is 42.5 Å². The van der Waals surface area contributed by atoms with Gasteiger partial charge in [-0.1, -0.05) is 6.07 Å². The Hall–Kier alpha value is -2.60. The first-order valence-corrected chi connectivity index (χ1v) is 10.0. The van der Waals surface area contributed by atoms with Crippen molar-refractivity contribution < 1.29 is 9.59 Å². The van der Waals surface area contributed by atoms with Crippen LogP contribution in [0.25, 0.3) is 0 Å². The highest BCUT2D eigenvalue weighted by Crippen LogP contribution is 2.44. The third kappa shape index (κ3) is 3.37. The zero-order chi connectivity index (χ0) is 19.0. The summed E-state index contributed by atoms with van der Waals surface area (Å²) in [4.78, 5) is 35.9. The van der Waals surface area contributed by atoms with E-state index in [1.165, 1.54) is 0 Å². The van der Waals surface area contributed by atoms with Gasteiger partial charge in [0.15, 0.2) is 5.78 Å². The van der Waals surface area contributed by atoms with E-state index in [4.69, 9.17) is 0 Å². The van der Waals surface area contributed by atoms with Crippen LogP contribution in [0.5, 0.6) is 0 Å². The van der Waals surface area contributed by atoms with Crippen molar-refractivity contribution in [1.29, 1.82) is 0 Å². The molecule has 27 heavy (non-hydrogen) atoms. The smallest absolute Gasteiger partial charge is 0.235 e. The standard InChI is InChI=1S/C21H21N3O2S/c1-12-8-9-22-17(11-12)24-21(26)18-13(2)23-14-5-3-6-15(25)19(14)20(18)16-7-4-10-27-16/h4,7-11,18,20H,3,5-6H2,1-2H3,(H,22,24,26)/t18?,20-/m0/s1. The van der Waals surface area contributed by atoms with Crippen LogP contribution in [-0.2, 0) is 9.59 Å². The van der Waals surface area contributed by atoms with Crippen LogP contribution in [0.15, 0.2) is 52.1 Å². The maximum atomic E-state index is 13.2. The second-order valence-corrected chi connectivity index (χ2v) is 8.05. The molecule has 2 aromatic heterocycles. The lowest BCUT2D eigenvalue weighted by Crippen LogP contribution is -2.39. The first-order chi connectivity index (χ1) is 13.0. The molecule has 4 rings (SSSR count). The molecule has 1 aliphatic carbocycles. The van der Waals surface area contributed by atoms with Crippen LogP contribution >= 0.6 is 11.3 Å². The number of aliphatic imine (C=N–C) groups is 1. The molecule has 5 nitrogen and oxygen atoms in total. The first-order valence-electron chi connectivity index (χ1n) is 9.13. The van der Waals surface area contributed by atoms with Gasteiger partial charge in [-0.05, 0) is 55.8 Å². The summed E-state index contributed by atoms with van der Waals surface area (Å²) < 4.78 is 0. The van der Waals surface area contributed by atoms with Crippen molar-refractivity contribution in [3.05, 3.63) is 57.6 Å². The second-order valence-electron chi connectivity index (χ2n) is 7.07. The van der Waals surface area contributed by atoms with E-state index in [0.29, 0.717) is 12.2 Å². The van der Waals surface area contributed by atoms with Crippen molar-refractivity contribution in [2.24, 2.45) is 10.9 Å². The van der Waals surface area contributed by atoms with Crippen LogP contribution in [0.4, 0.5) is 5.82 Å². The van der Waals surface area contributed by atoms with E-state index in [-0.39, 0.29) is 17.6 Å². The van der Waals surface area contributed by atoms with Crippen LogP contribution in [0, 0.1) is 12.8 Å². The minimum absolute atomic E-state index is 0.123. The molecular formula is C21H21N3O2S. The highest BCUT2D eigenvalue weighted by molar-refractivity contribution is 7.10. The third-order valence-electron chi connectivity index (χ3n) is 5.13. The number of hydrogen-bond acceptors (Lipinski definition) is 5. The number of amides is 1. The van der Waals surface area contributed by atoms with Crippen molar-refractivity contribution in [1.82, 2.24) is 4.98 Å². The van der Waals surface area contributed by atoms with Crippen molar-refractivity contribution in [3.8, 4) is 0 Å². The van der Waals surface area contributed by atoms with E-state index in [1.807, 2.05) is 43.5 Å². The molecule has 0 radical (unpaired) electrons. The van der Waals surface area contributed by atoms with Crippen molar-refractivity contribution in [2.75, 3.05) is 5.32 Å². The molecule has 1 aliphatic heterocycles. The Kier molecular flexibility index (Phi) is 4.74. The Morgan fingerprint density at radius 1 is 1.26 bits per heavy atom. The highest BCUT2D eigenvalue weighted by atomic mass is 32.1. The van der Waals surface area contributed by atoms with E-state index in [2.05, 4.69) is 15.3 Å². The van der Waals surface area contributed by atoms with Gasteiger partial charge in [-0.3, -0.25) is 14.6 Å². The Balaban J connectivity index is 1.74. The van der Waals surface area contributed by atoms with Gasteiger partial charge < -0.3 is 5.32 Å². The molecule has 1 unspecified atom stereocenters. The molecule has 1 amide bonds. The average Bonchev–Trinajstić information content (AvgIpc) is 3.15. The fourth-order valence-corrected chi connectivity index (χ4v) is 4.80. The van der Waals surface area contributed by atoms with E-state index in [9.17, 15) is 9.59 Å². The molecule has 0 spiro atoms. The zero-order valence-corrected chi connectivity index (χ0v) is 16.2. The van der Waals surface area contributed by atoms with E-state index >= 15 is 0 Å². The van der Waals surface area contributed by atoms with Gasteiger partial charge in [-0.25, -0.2) is 4.98 Å². The van der Waals surface area contributed by atoms with Gasteiger partial charge in [0.25, 0.3) is 0 Å². The Morgan fingerprint density at radius 3 is 2.85 bits per heavy atom. The summed E-state index contributed by atoms with van der Waals surface area (Å²) in [5, 5.41) is 4.91. The number of allylic oxidation sites excluding steroid dienone is 2. The maximum absolute atomic E-state index is 13.2. The van der Waals surface area contributed by atoms with Gasteiger partial charge >= 0.3 is 0 Å². The number of rotatable bonds is 3. The number of Topliss-reactive ketones (excluding diaryl/α,β-unsaturated/α-hetero) is 1. The summed E-state index contributed by atoms with van der Waals surface area (Å²) in [5.41, 5.74) is 3.37. The predicted octanol–water partition coefficient (Wildman–Crippen LogP) is 4.27. The molecule has 1 N–H and O–H groups in total. The minimum Gasteiger partial charge on any atom is -0.310 e. The summed E-state index contributed by atoms with van der Waals surface area (Å²) in [7, 11) is 0. The monoisotopic (exact) mass is 379 g/mol. The number of carbonyl (C=O) groups excluding carboxylic acids is 2. The molecule has 0 bridgehead atoms. The molecule has 0 saturated carbocycles. The molecule has 0 fully saturated rings. The molecule has 138 valence electrons. The number of aromatic nitrogens is 1. The van der Waals surface area contributed by atoms with Gasteiger partial charge in [-0.15, -0.1) is 11.3 Å². The summed E-state index contributed by atoms with van der Waals surface area (Å²) in [6.07, 6.45) is 3.83. The van der Waals surface area contributed by atoms with Gasteiger partial charge in [0.2, 0.25) is 5.91 Å². The molecule has 0 aromatic carbocycles. The molecule has 6 heteroatoms. The summed E-state index contributed by atoms with van der Waals surface area (Å²) in [5.74, 6) is -0.301. The summed E-state index contributed by atoms with van der Waals surface area (Å²) >= 11 is 1.58. The number of thiophene rings is 1. The number of aryl methyl sites for hydroxylation is 1. The van der Waals surface area contributed by atoms with Crippen molar-refractivity contribution in [3.63, 3.8) is 0 Å². The summed E-state index contributed by atoms with van der Waals surface area (Å²) in [6.45, 7) is 3.84. The first kappa shape index (κ1) is 17.8. The van der Waals surface area contributed by atoms with Gasteiger partial charge in [0.1, 0.15) is 5.82 Å². The van der Waals surface area contributed by atoms with Crippen LogP contribution in [0.3, 0.4) is 0 Å². The highest BCUT2D eigenvalue weighted by Gasteiger charge is 2.42. The number of carbonyl (C=O) groups is 2. The number of pyridine rings is 1. The molecule has 2 aromatic rings. The zero-order valence-electron chi connectivity index (χ0n) is 15.4. The van der Waals surface area contributed by atoms with Crippen LogP contribution < -0.4 is 5.32 Å². The molecular weight excluding hydrogens is 358 g/mol. The third-order valence-corrected chi connectivity index (χ3v) is 6.09. The number of ketones is 1. The lowest BCUT2D eigenvalue weighted by molar-refractivity contribution is -0.119. The number of anilines is 1. The van der Waals surface area contributed by atoms with E-state index in [1.54, 1.807) is 17.5 Å². The predicted molar refractivity (Wildman–Crippen MR) is 107 cm³/mol. The van der Waals surface area contributed by atoms with Crippen molar-refractivity contribution >= 4 is 34.6 Å². The normalized spacial score (nSPS) is 22.3. The lowest BCUT2D eigenvalue weighted by Gasteiger charge is -2.34. The van der Waals surface area contributed by atoms with Gasteiger partial charge in [-0.2, -0.15) is 0 Å². The van der Waals surface area contributed by atoms with Gasteiger partial charge in [0, 0.05) is 40.4 Å². The van der Waals surface area contributed by atoms with E-state index < -0.39 is 5.92 Å². The minimum atomic E-state index is -0.508. The molecule has 2 aliphatic rings. The van der Waals surface area contributed by atoms with Crippen molar-refractivity contribution in [2.45, 2.75) is 39.0 Å². The molecule has 2 atom stereocenters. The number of nitrogens with one attached hydrogen (secondary N) is 1. The summed E-state index contributed by atoms with van der Waals surface area (Å²) in [6, 6.07) is 7.69. The van der Waals surface area contributed by atoms with E-state index in [0.717, 1.165) is 40.3 Å². The quantitative estimate of drug-likeness (QED) is 0.865. The van der Waals surface area contributed by atoms with Gasteiger partial charge in [0.05, 0.1) is 5.92 Å². The fraction of sp³-hybridized carbons (Fsp3) is 0.333. The number of hydrogen-bond donors (Lipinski definition) is 1. The Morgan fingerprint density at radius 2 is 2.11 bits per heavy atom. The van der Waals surface area contributed by atoms with Crippen LogP contribution in [0.2, 0.25) is 0 Å². The lowest BCUT2D eigenvalue weighted by atomic mass is 9.74. The number of nitrogens with zero attached hydrogens (tertiary/aromatic N) is 2. The average molecular weight is 379 g/mol.